The second kappa shape index (κ2) is 6.64. The molecular weight excluding hydrogens is 347 g/mol. The Morgan fingerprint density at radius 3 is 2.56 bits per heavy atom. The number of nitrogens with zero attached hydrogens (tertiary/aromatic N) is 1. The van der Waals surface area contributed by atoms with Crippen LogP contribution in [-0.4, -0.2) is 18.1 Å². The van der Waals surface area contributed by atoms with Gasteiger partial charge in [0.2, 0.25) is 0 Å². The van der Waals surface area contributed by atoms with Crippen LogP contribution in [0.2, 0.25) is 0 Å². The number of amides is 1. The van der Waals surface area contributed by atoms with Crippen LogP contribution in [0.1, 0.15) is 22.1 Å². The summed E-state index contributed by atoms with van der Waals surface area (Å²) in [5, 5.41) is 13.2. The van der Waals surface area contributed by atoms with Crippen molar-refractivity contribution in [3.63, 3.8) is 0 Å². The number of halogens is 1. The number of carbonyl (C=O) groups excluding carboxylic acids is 1. The summed E-state index contributed by atoms with van der Waals surface area (Å²) in [4.78, 5) is 14.8. The van der Waals surface area contributed by atoms with E-state index in [1.807, 2.05) is 12.1 Å². The van der Waals surface area contributed by atoms with Gasteiger partial charge >= 0.3 is 0 Å². The van der Waals surface area contributed by atoms with E-state index in [4.69, 9.17) is 4.74 Å². The van der Waals surface area contributed by atoms with Crippen molar-refractivity contribution in [2.45, 2.75) is 6.17 Å². The van der Waals surface area contributed by atoms with Crippen molar-refractivity contribution in [3.8, 4) is 11.5 Å². The van der Waals surface area contributed by atoms with Crippen LogP contribution < -0.4 is 15.0 Å². The molecule has 136 valence electrons. The molecule has 0 radical (unpaired) electrons. The Kier molecular flexibility index (Phi) is 4.16. The van der Waals surface area contributed by atoms with Gasteiger partial charge in [-0.2, -0.15) is 0 Å². The van der Waals surface area contributed by atoms with Crippen LogP contribution in [-0.2, 0) is 0 Å². The highest BCUT2D eigenvalue weighted by Crippen LogP contribution is 2.38. The van der Waals surface area contributed by atoms with E-state index in [0.29, 0.717) is 22.7 Å². The lowest BCUT2D eigenvalue weighted by Gasteiger charge is -2.38. The first-order chi connectivity index (χ1) is 13.1. The van der Waals surface area contributed by atoms with Crippen LogP contribution in [0, 0.1) is 5.82 Å². The SMILES string of the molecule is COc1cc([C@@H]2Nc3ccccc3C(=O)N2c2ccc(F)cc2)ccc1O. The van der Waals surface area contributed by atoms with E-state index in [1.54, 1.807) is 41.3 Å². The van der Waals surface area contributed by atoms with Crippen molar-refractivity contribution in [2.24, 2.45) is 0 Å². The summed E-state index contributed by atoms with van der Waals surface area (Å²) in [5.74, 6) is -0.260. The van der Waals surface area contributed by atoms with Gasteiger partial charge in [0.05, 0.1) is 12.7 Å². The van der Waals surface area contributed by atoms with Crippen LogP contribution in [0.5, 0.6) is 11.5 Å². The first-order valence-electron chi connectivity index (χ1n) is 8.40. The van der Waals surface area contributed by atoms with Gasteiger partial charge in [0.25, 0.3) is 5.91 Å². The lowest BCUT2D eigenvalue weighted by Crippen LogP contribution is -2.43. The second-order valence-electron chi connectivity index (χ2n) is 6.18. The minimum atomic E-state index is -0.549. The molecule has 2 N–H and O–H groups in total. The molecular formula is C21H17FN2O3. The Balaban J connectivity index is 1.86. The number of nitrogens with one attached hydrogen (secondary N) is 1. The highest BCUT2D eigenvalue weighted by atomic mass is 19.1. The zero-order valence-corrected chi connectivity index (χ0v) is 14.5. The Bertz CT molecular complexity index is 1000. The monoisotopic (exact) mass is 364 g/mol. The Labute approximate surface area is 155 Å². The highest BCUT2D eigenvalue weighted by molar-refractivity contribution is 6.12. The maximum atomic E-state index is 13.4. The van der Waals surface area contributed by atoms with Crippen molar-refractivity contribution in [3.05, 3.63) is 83.7 Å². The Hall–Kier alpha value is -3.54. The maximum Gasteiger partial charge on any atom is 0.262 e. The fraction of sp³-hybridized carbons (Fsp3) is 0.0952. The summed E-state index contributed by atoms with van der Waals surface area (Å²) in [6.07, 6.45) is -0.549. The predicted molar refractivity (Wildman–Crippen MR) is 101 cm³/mol. The van der Waals surface area contributed by atoms with Gasteiger partial charge in [0, 0.05) is 11.4 Å². The summed E-state index contributed by atoms with van der Waals surface area (Å²) in [7, 11) is 1.46. The van der Waals surface area contributed by atoms with Crippen molar-refractivity contribution in [1.82, 2.24) is 0 Å². The number of aromatic hydroxyl groups is 1. The van der Waals surface area contributed by atoms with Crippen molar-refractivity contribution in [1.29, 1.82) is 0 Å². The van der Waals surface area contributed by atoms with Crippen molar-refractivity contribution >= 4 is 17.3 Å². The minimum Gasteiger partial charge on any atom is -0.504 e. The summed E-state index contributed by atoms with van der Waals surface area (Å²) in [6, 6.07) is 17.9. The van der Waals surface area contributed by atoms with Crippen LogP contribution in [0.15, 0.2) is 66.7 Å². The molecule has 6 heteroatoms. The molecule has 0 saturated heterocycles. The molecule has 3 aromatic carbocycles. The topological polar surface area (TPSA) is 61.8 Å². The number of phenols is 1. The number of hydrogen-bond donors (Lipinski definition) is 2. The number of ether oxygens (including phenoxy) is 1. The standard InChI is InChI=1S/C21H17FN2O3/c1-27-19-12-13(6-11-18(19)25)20-23-17-5-3-2-4-16(17)21(26)24(20)15-9-7-14(22)8-10-15/h2-12,20,23,25H,1H3/t20-/m1/s1. The first kappa shape index (κ1) is 16.9. The normalized spacial score (nSPS) is 15.9. The number of methoxy groups -OCH3 is 1. The third-order valence-electron chi connectivity index (χ3n) is 4.55. The molecule has 0 bridgehead atoms. The van der Waals surface area contributed by atoms with E-state index in [9.17, 15) is 14.3 Å². The Morgan fingerprint density at radius 2 is 1.81 bits per heavy atom. The lowest BCUT2D eigenvalue weighted by molar-refractivity contribution is 0.0975. The van der Waals surface area contributed by atoms with Gasteiger partial charge in [-0.1, -0.05) is 18.2 Å². The van der Waals surface area contributed by atoms with Crippen molar-refractivity contribution < 1.29 is 19.0 Å². The van der Waals surface area contributed by atoms with E-state index < -0.39 is 6.17 Å². The fourth-order valence-electron chi connectivity index (χ4n) is 3.22. The number of hydrogen-bond acceptors (Lipinski definition) is 4. The molecule has 0 aliphatic carbocycles. The van der Waals surface area contributed by atoms with E-state index in [1.165, 1.54) is 25.3 Å². The van der Waals surface area contributed by atoms with Gasteiger partial charge in [0.1, 0.15) is 12.0 Å². The number of para-hydroxylation sites is 1. The maximum absolute atomic E-state index is 13.4. The molecule has 1 heterocycles. The number of fused-ring (bicyclic) bond motifs is 1. The molecule has 0 spiro atoms. The average molecular weight is 364 g/mol. The van der Waals surface area contributed by atoms with Gasteiger partial charge in [-0.05, 0) is 54.1 Å². The van der Waals surface area contributed by atoms with E-state index in [0.717, 1.165) is 5.56 Å². The molecule has 4 rings (SSSR count). The van der Waals surface area contributed by atoms with Gasteiger partial charge in [0.15, 0.2) is 11.5 Å². The molecule has 1 atom stereocenters. The quantitative estimate of drug-likeness (QED) is 0.727. The average Bonchev–Trinajstić information content (AvgIpc) is 2.69. The molecule has 0 fully saturated rings. The highest BCUT2D eigenvalue weighted by Gasteiger charge is 2.34. The lowest BCUT2D eigenvalue weighted by atomic mass is 10.0. The van der Waals surface area contributed by atoms with E-state index in [2.05, 4.69) is 5.32 Å². The molecule has 3 aromatic rings. The third kappa shape index (κ3) is 2.95. The summed E-state index contributed by atoms with van der Waals surface area (Å²) >= 11 is 0. The fourth-order valence-corrected chi connectivity index (χ4v) is 3.22. The van der Waals surface area contributed by atoms with Crippen LogP contribution >= 0.6 is 0 Å². The van der Waals surface area contributed by atoms with Gasteiger partial charge < -0.3 is 15.2 Å². The second-order valence-corrected chi connectivity index (χ2v) is 6.18. The van der Waals surface area contributed by atoms with E-state index >= 15 is 0 Å². The molecule has 27 heavy (non-hydrogen) atoms. The Morgan fingerprint density at radius 1 is 1.07 bits per heavy atom. The summed E-state index contributed by atoms with van der Waals surface area (Å²) in [6.45, 7) is 0. The molecule has 1 aliphatic rings. The number of anilines is 2. The third-order valence-corrected chi connectivity index (χ3v) is 4.55. The molecule has 0 aromatic heterocycles. The van der Waals surface area contributed by atoms with Gasteiger partial charge in [-0.15, -0.1) is 0 Å². The zero-order chi connectivity index (χ0) is 19.0. The number of carbonyl (C=O) groups is 1. The van der Waals surface area contributed by atoms with Gasteiger partial charge in [-0.25, -0.2) is 4.39 Å². The van der Waals surface area contributed by atoms with Crippen LogP contribution in [0.25, 0.3) is 0 Å². The molecule has 0 saturated carbocycles. The minimum absolute atomic E-state index is 0.0112. The van der Waals surface area contributed by atoms with Gasteiger partial charge in [-0.3, -0.25) is 9.69 Å². The number of phenolic OH excluding ortho intramolecular Hbond substituents is 1. The zero-order valence-electron chi connectivity index (χ0n) is 14.5. The summed E-state index contributed by atoms with van der Waals surface area (Å²) in [5.41, 5.74) is 2.51. The van der Waals surface area contributed by atoms with Crippen molar-refractivity contribution in [2.75, 3.05) is 17.3 Å². The molecule has 1 aliphatic heterocycles. The first-order valence-corrected chi connectivity index (χ1v) is 8.40. The van der Waals surface area contributed by atoms with E-state index in [-0.39, 0.29) is 17.5 Å². The van der Waals surface area contributed by atoms with Crippen LogP contribution in [0.3, 0.4) is 0 Å². The molecule has 5 nitrogen and oxygen atoms in total. The number of benzene rings is 3. The largest absolute Gasteiger partial charge is 0.504 e. The van der Waals surface area contributed by atoms with Crippen LogP contribution in [0.4, 0.5) is 15.8 Å². The predicted octanol–water partition coefficient (Wildman–Crippen LogP) is 4.31. The number of rotatable bonds is 3. The molecule has 1 amide bonds. The summed E-state index contributed by atoms with van der Waals surface area (Å²) < 4.78 is 18.6. The smallest absolute Gasteiger partial charge is 0.262 e. The molecule has 0 unspecified atom stereocenters.